The minimum absolute atomic E-state index is 0.670. The van der Waals surface area contributed by atoms with Crippen molar-refractivity contribution >= 4 is 22.4 Å². The second-order valence-corrected chi connectivity index (χ2v) is 5.93. The molecule has 3 nitrogen and oxygen atoms in total. The summed E-state index contributed by atoms with van der Waals surface area (Å²) in [5.74, 6) is 0. The van der Waals surface area contributed by atoms with E-state index in [2.05, 4.69) is 23.8 Å². The van der Waals surface area contributed by atoms with Crippen molar-refractivity contribution in [2.24, 2.45) is 0 Å². The maximum absolute atomic E-state index is 12.3. The first kappa shape index (κ1) is 13.6. The molecule has 0 saturated heterocycles. The number of nitrogen functional groups attached to an aromatic ring is 1. The van der Waals surface area contributed by atoms with Crippen LogP contribution in [0.15, 0.2) is 41.3 Å². The second kappa shape index (κ2) is 5.45. The van der Waals surface area contributed by atoms with Crippen molar-refractivity contribution in [2.75, 3.05) is 10.5 Å². The van der Waals surface area contributed by atoms with Gasteiger partial charge in [-0.1, -0.05) is 17.7 Å². The maximum Gasteiger partial charge on any atom is 0.150 e. The van der Waals surface area contributed by atoms with E-state index in [0.29, 0.717) is 10.6 Å². The van der Waals surface area contributed by atoms with Crippen molar-refractivity contribution in [2.45, 2.75) is 25.7 Å². The molecule has 2 aromatic rings. The van der Waals surface area contributed by atoms with Gasteiger partial charge in [-0.05, 0) is 56.2 Å². The van der Waals surface area contributed by atoms with Gasteiger partial charge in [-0.2, -0.15) is 0 Å². The van der Waals surface area contributed by atoms with Crippen LogP contribution in [0.2, 0.25) is 0 Å². The van der Waals surface area contributed by atoms with Crippen LogP contribution in [0.25, 0.3) is 0 Å². The summed E-state index contributed by atoms with van der Waals surface area (Å²) in [5, 5.41) is 0. The van der Waals surface area contributed by atoms with E-state index in [4.69, 9.17) is 5.73 Å². The summed E-state index contributed by atoms with van der Waals surface area (Å²) in [7, 11) is -1.28. The zero-order valence-corrected chi connectivity index (χ0v) is 12.2. The molecule has 0 amide bonds. The molecule has 4 heteroatoms. The molecule has 1 unspecified atom stereocenters. The average Bonchev–Trinajstić information content (AvgIpc) is 2.34. The van der Waals surface area contributed by atoms with Gasteiger partial charge >= 0.3 is 0 Å². The number of hydrogen-bond donors (Lipinski definition) is 2. The number of anilines is 2. The van der Waals surface area contributed by atoms with Crippen LogP contribution >= 0.6 is 0 Å². The summed E-state index contributed by atoms with van der Waals surface area (Å²) in [5.41, 5.74) is 10.6. The molecule has 1 atom stereocenters. The van der Waals surface area contributed by atoms with Crippen molar-refractivity contribution < 1.29 is 4.21 Å². The highest BCUT2D eigenvalue weighted by atomic mass is 32.2. The zero-order chi connectivity index (χ0) is 14.0. The molecule has 2 rings (SSSR count). The minimum Gasteiger partial charge on any atom is -0.399 e. The Labute approximate surface area is 116 Å². The Hall–Kier alpha value is -1.81. The average molecular weight is 274 g/mol. The molecule has 0 aromatic heterocycles. The van der Waals surface area contributed by atoms with E-state index in [9.17, 15) is 4.21 Å². The molecular formula is C15H18N2OS. The fourth-order valence-electron chi connectivity index (χ4n) is 2.08. The normalized spacial score (nSPS) is 12.2. The summed E-state index contributed by atoms with van der Waals surface area (Å²) in [4.78, 5) is 0.716. The van der Waals surface area contributed by atoms with Gasteiger partial charge in [-0.15, -0.1) is 0 Å². The van der Waals surface area contributed by atoms with E-state index in [1.165, 1.54) is 5.56 Å². The van der Waals surface area contributed by atoms with Crippen LogP contribution in [0.1, 0.15) is 16.7 Å². The van der Waals surface area contributed by atoms with Crippen molar-refractivity contribution in [3.8, 4) is 0 Å². The topological polar surface area (TPSA) is 55.1 Å². The number of rotatable bonds is 3. The molecule has 0 fully saturated rings. The quantitative estimate of drug-likeness (QED) is 0.843. The Morgan fingerprint density at radius 3 is 2.05 bits per heavy atom. The SMILES string of the molecule is Cc1cc(C)c(NS(=O)c2ccc(N)cc2)c(C)c1. The van der Waals surface area contributed by atoms with Crippen molar-refractivity contribution in [3.63, 3.8) is 0 Å². The van der Waals surface area contributed by atoms with Crippen molar-refractivity contribution in [1.82, 2.24) is 0 Å². The molecule has 3 N–H and O–H groups in total. The van der Waals surface area contributed by atoms with Crippen LogP contribution in [0.3, 0.4) is 0 Å². The van der Waals surface area contributed by atoms with Gasteiger partial charge in [0.15, 0.2) is 0 Å². The molecule has 2 aromatic carbocycles. The third-order valence-corrected chi connectivity index (χ3v) is 4.06. The molecule has 0 aliphatic rings. The lowest BCUT2D eigenvalue weighted by Gasteiger charge is -2.13. The first-order valence-electron chi connectivity index (χ1n) is 6.09. The largest absolute Gasteiger partial charge is 0.399 e. The van der Waals surface area contributed by atoms with Gasteiger partial charge in [0.1, 0.15) is 11.0 Å². The Bertz CT molecular complexity index is 598. The summed E-state index contributed by atoms with van der Waals surface area (Å²) in [6.07, 6.45) is 0. The molecule has 0 heterocycles. The number of nitrogens with one attached hydrogen (secondary N) is 1. The summed E-state index contributed by atoms with van der Waals surface area (Å²) < 4.78 is 15.3. The summed E-state index contributed by atoms with van der Waals surface area (Å²) in [6, 6.07) is 11.2. The van der Waals surface area contributed by atoms with Gasteiger partial charge in [-0.25, -0.2) is 4.21 Å². The van der Waals surface area contributed by atoms with E-state index >= 15 is 0 Å². The fourth-order valence-corrected chi connectivity index (χ4v) is 3.09. The Morgan fingerprint density at radius 2 is 1.53 bits per heavy atom. The third-order valence-electron chi connectivity index (χ3n) is 2.97. The molecule has 0 radical (unpaired) electrons. The van der Waals surface area contributed by atoms with E-state index in [1.807, 2.05) is 13.8 Å². The van der Waals surface area contributed by atoms with Crippen LogP contribution in [0.5, 0.6) is 0 Å². The molecular weight excluding hydrogens is 256 g/mol. The van der Waals surface area contributed by atoms with Crippen molar-refractivity contribution in [1.29, 1.82) is 0 Å². The third kappa shape index (κ3) is 3.15. The summed E-state index contributed by atoms with van der Waals surface area (Å²) >= 11 is 0. The molecule has 0 saturated carbocycles. The second-order valence-electron chi connectivity index (χ2n) is 4.71. The summed E-state index contributed by atoms with van der Waals surface area (Å²) in [6.45, 7) is 6.09. The number of nitrogens with two attached hydrogens (primary N) is 1. The minimum atomic E-state index is -1.28. The number of benzene rings is 2. The van der Waals surface area contributed by atoms with E-state index < -0.39 is 11.0 Å². The van der Waals surface area contributed by atoms with Gasteiger partial charge < -0.3 is 10.5 Å². The van der Waals surface area contributed by atoms with Crippen LogP contribution in [0.4, 0.5) is 11.4 Å². The van der Waals surface area contributed by atoms with Gasteiger partial charge in [0, 0.05) is 5.69 Å². The first-order valence-corrected chi connectivity index (χ1v) is 7.24. The predicted molar refractivity (Wildman–Crippen MR) is 81.5 cm³/mol. The van der Waals surface area contributed by atoms with Crippen molar-refractivity contribution in [3.05, 3.63) is 53.1 Å². The smallest absolute Gasteiger partial charge is 0.150 e. The Balaban J connectivity index is 2.26. The van der Waals surface area contributed by atoms with Crippen LogP contribution in [0, 0.1) is 20.8 Å². The van der Waals surface area contributed by atoms with E-state index in [-0.39, 0.29) is 0 Å². The Kier molecular flexibility index (Phi) is 3.90. The number of hydrogen-bond acceptors (Lipinski definition) is 2. The highest BCUT2D eigenvalue weighted by Crippen LogP contribution is 2.23. The van der Waals surface area contributed by atoms with Gasteiger partial charge in [0.05, 0.1) is 10.6 Å². The van der Waals surface area contributed by atoms with Crippen LogP contribution < -0.4 is 10.5 Å². The lowest BCUT2D eigenvalue weighted by Crippen LogP contribution is -2.07. The van der Waals surface area contributed by atoms with Gasteiger partial charge in [-0.3, -0.25) is 0 Å². The predicted octanol–water partition coefficient (Wildman–Crippen LogP) is 3.33. The monoisotopic (exact) mass is 274 g/mol. The molecule has 0 spiro atoms. The molecule has 19 heavy (non-hydrogen) atoms. The molecule has 0 aliphatic heterocycles. The van der Waals surface area contributed by atoms with Crippen LogP contribution in [-0.4, -0.2) is 4.21 Å². The Morgan fingerprint density at radius 1 is 1.00 bits per heavy atom. The molecule has 0 aliphatic carbocycles. The van der Waals surface area contributed by atoms with Gasteiger partial charge in [0.2, 0.25) is 0 Å². The first-order chi connectivity index (χ1) is 8.97. The zero-order valence-electron chi connectivity index (χ0n) is 11.4. The van der Waals surface area contributed by atoms with Crippen LogP contribution in [-0.2, 0) is 11.0 Å². The van der Waals surface area contributed by atoms with E-state index in [0.717, 1.165) is 16.8 Å². The highest BCUT2D eigenvalue weighted by molar-refractivity contribution is 7.86. The molecule has 100 valence electrons. The van der Waals surface area contributed by atoms with E-state index in [1.54, 1.807) is 24.3 Å². The number of aryl methyl sites for hydroxylation is 3. The molecule has 0 bridgehead atoms. The highest BCUT2D eigenvalue weighted by Gasteiger charge is 2.08. The standard InChI is InChI=1S/C15H18N2OS/c1-10-8-11(2)15(12(3)9-10)17-19(18)14-6-4-13(16)5-7-14/h4-9,17H,16H2,1-3H3. The maximum atomic E-state index is 12.3. The fraction of sp³-hybridized carbons (Fsp3) is 0.200. The van der Waals surface area contributed by atoms with Gasteiger partial charge in [0.25, 0.3) is 0 Å². The lowest BCUT2D eigenvalue weighted by molar-refractivity contribution is 0.686. The lowest BCUT2D eigenvalue weighted by atomic mass is 10.1.